The molecule has 0 unspecified atom stereocenters. The van der Waals surface area contributed by atoms with Crippen molar-refractivity contribution < 1.29 is 19.1 Å². The zero-order chi connectivity index (χ0) is 24.2. The molecule has 1 aliphatic heterocycles. The molecule has 0 bridgehead atoms. The van der Waals surface area contributed by atoms with E-state index in [-0.39, 0.29) is 12.6 Å². The Labute approximate surface area is 203 Å². The number of carbonyl (C=O) groups is 2. The smallest absolute Gasteiger partial charge is 0.341 e. The van der Waals surface area contributed by atoms with E-state index < -0.39 is 5.97 Å². The molecule has 0 radical (unpaired) electrons. The molecule has 7 heteroatoms. The summed E-state index contributed by atoms with van der Waals surface area (Å²) >= 11 is 0. The number of hydrogen-bond donors (Lipinski definition) is 2. The van der Waals surface area contributed by atoms with Crippen LogP contribution in [0.1, 0.15) is 18.2 Å². The second kappa shape index (κ2) is 9.77. The largest absolute Gasteiger partial charge is 0.462 e. The van der Waals surface area contributed by atoms with Crippen molar-refractivity contribution in [3.63, 3.8) is 0 Å². The average Bonchev–Trinajstić information content (AvgIpc) is 3.13. The number of para-hydroxylation sites is 2. The van der Waals surface area contributed by atoms with Crippen LogP contribution in [-0.2, 0) is 16.0 Å². The van der Waals surface area contributed by atoms with Gasteiger partial charge in [0.2, 0.25) is 0 Å². The van der Waals surface area contributed by atoms with Crippen LogP contribution in [0.25, 0.3) is 16.5 Å². The summed E-state index contributed by atoms with van der Waals surface area (Å²) in [5, 5.41) is 3.94. The number of urea groups is 1. The standard InChI is InChI=1S/C28H25N3O4/c1-2-34-27(32)24-18-31(17-16-23-22-10-6-7-11-25(22)30-26(23)24)28(33)29-19-12-14-21(15-13-19)35-20-8-4-3-5-9-20/h3-15,18,30H,2,16-17H2,1H3,(H,29,33). The monoisotopic (exact) mass is 467 g/mol. The number of benzene rings is 3. The molecule has 0 saturated heterocycles. The molecule has 1 aromatic heterocycles. The molecular weight excluding hydrogens is 442 g/mol. The average molecular weight is 468 g/mol. The number of anilines is 1. The van der Waals surface area contributed by atoms with E-state index in [0.717, 1.165) is 22.2 Å². The summed E-state index contributed by atoms with van der Waals surface area (Å²) < 4.78 is 11.1. The first-order valence-electron chi connectivity index (χ1n) is 11.5. The summed E-state index contributed by atoms with van der Waals surface area (Å²) in [5.41, 5.74) is 3.59. The minimum Gasteiger partial charge on any atom is -0.462 e. The molecule has 0 fully saturated rings. The van der Waals surface area contributed by atoms with E-state index in [0.29, 0.717) is 35.7 Å². The highest BCUT2D eigenvalue weighted by Crippen LogP contribution is 2.31. The zero-order valence-electron chi connectivity index (χ0n) is 19.3. The van der Waals surface area contributed by atoms with E-state index in [1.807, 2.05) is 54.6 Å². The fraction of sp³-hybridized carbons (Fsp3) is 0.143. The number of esters is 1. The van der Waals surface area contributed by atoms with Gasteiger partial charge in [0.25, 0.3) is 0 Å². The third-order valence-electron chi connectivity index (χ3n) is 5.81. The SMILES string of the molecule is CCOC(=O)C1=CN(C(=O)Nc2ccc(Oc3ccccc3)cc2)CCc2c1[nH]c1ccccc21. The minimum absolute atomic E-state index is 0.245. The highest BCUT2D eigenvalue weighted by atomic mass is 16.5. The number of ether oxygens (including phenoxy) is 2. The number of nitrogens with one attached hydrogen (secondary N) is 2. The van der Waals surface area contributed by atoms with Gasteiger partial charge < -0.3 is 19.8 Å². The molecule has 176 valence electrons. The second-order valence-corrected chi connectivity index (χ2v) is 8.10. The summed E-state index contributed by atoms with van der Waals surface area (Å²) in [6.07, 6.45) is 2.16. The lowest BCUT2D eigenvalue weighted by Gasteiger charge is -2.18. The van der Waals surface area contributed by atoms with Gasteiger partial charge in [0.05, 0.1) is 17.9 Å². The Morgan fingerprint density at radius 2 is 1.66 bits per heavy atom. The molecule has 2 amide bonds. The number of aromatic nitrogens is 1. The summed E-state index contributed by atoms with van der Waals surface area (Å²) in [5.74, 6) is 0.933. The van der Waals surface area contributed by atoms with Crippen molar-refractivity contribution in [2.24, 2.45) is 0 Å². The lowest BCUT2D eigenvalue weighted by Crippen LogP contribution is -2.32. The van der Waals surface area contributed by atoms with E-state index >= 15 is 0 Å². The van der Waals surface area contributed by atoms with Gasteiger partial charge in [-0.1, -0.05) is 36.4 Å². The van der Waals surface area contributed by atoms with Gasteiger partial charge in [-0.3, -0.25) is 4.90 Å². The van der Waals surface area contributed by atoms with Crippen LogP contribution in [0.2, 0.25) is 0 Å². The number of aromatic amines is 1. The molecule has 35 heavy (non-hydrogen) atoms. The van der Waals surface area contributed by atoms with E-state index in [2.05, 4.69) is 10.3 Å². The molecule has 7 nitrogen and oxygen atoms in total. The van der Waals surface area contributed by atoms with Gasteiger partial charge in [-0.25, -0.2) is 9.59 Å². The number of fused-ring (bicyclic) bond motifs is 3. The van der Waals surface area contributed by atoms with E-state index in [1.54, 1.807) is 37.4 Å². The molecule has 2 N–H and O–H groups in total. The van der Waals surface area contributed by atoms with E-state index in [4.69, 9.17) is 9.47 Å². The number of rotatable bonds is 5. The molecule has 3 aromatic carbocycles. The number of H-pyrrole nitrogens is 1. The van der Waals surface area contributed by atoms with Crippen molar-refractivity contribution in [3.05, 3.63) is 96.3 Å². The predicted octanol–water partition coefficient (Wildman–Crippen LogP) is 5.95. The van der Waals surface area contributed by atoms with Crippen LogP contribution in [0.3, 0.4) is 0 Å². The molecule has 1 aliphatic rings. The topological polar surface area (TPSA) is 83.7 Å². The minimum atomic E-state index is -0.470. The van der Waals surface area contributed by atoms with Crippen molar-refractivity contribution in [3.8, 4) is 11.5 Å². The van der Waals surface area contributed by atoms with Crippen molar-refractivity contribution in [1.29, 1.82) is 0 Å². The van der Waals surface area contributed by atoms with Crippen LogP contribution in [0.15, 0.2) is 85.1 Å². The van der Waals surface area contributed by atoms with Gasteiger partial charge in [-0.2, -0.15) is 0 Å². The summed E-state index contributed by atoms with van der Waals surface area (Å²) in [4.78, 5) is 30.8. The van der Waals surface area contributed by atoms with Crippen molar-refractivity contribution in [1.82, 2.24) is 9.88 Å². The van der Waals surface area contributed by atoms with Crippen LogP contribution in [0, 0.1) is 0 Å². The molecule has 0 saturated carbocycles. The molecular formula is C28H25N3O4. The molecule has 2 heterocycles. The Kier molecular flexibility index (Phi) is 6.22. The number of carbonyl (C=O) groups excluding carboxylic acids is 2. The van der Waals surface area contributed by atoms with Gasteiger partial charge in [-0.15, -0.1) is 0 Å². The molecule has 0 aliphatic carbocycles. The summed E-state index contributed by atoms with van der Waals surface area (Å²) in [6.45, 7) is 2.42. The third-order valence-corrected chi connectivity index (χ3v) is 5.81. The Balaban J connectivity index is 1.36. The van der Waals surface area contributed by atoms with Crippen LogP contribution in [0.5, 0.6) is 11.5 Å². The van der Waals surface area contributed by atoms with Crippen molar-refractivity contribution in [2.45, 2.75) is 13.3 Å². The summed E-state index contributed by atoms with van der Waals surface area (Å²) in [6, 6.07) is 24.2. The third kappa shape index (κ3) is 4.75. The Bertz CT molecular complexity index is 1390. The van der Waals surface area contributed by atoms with E-state index in [9.17, 15) is 9.59 Å². The number of amides is 2. The molecule has 0 atom stereocenters. The maximum Gasteiger partial charge on any atom is 0.341 e. The predicted molar refractivity (Wildman–Crippen MR) is 135 cm³/mol. The maximum atomic E-state index is 13.1. The fourth-order valence-corrected chi connectivity index (χ4v) is 4.16. The lowest BCUT2D eigenvalue weighted by molar-refractivity contribution is -0.136. The zero-order valence-corrected chi connectivity index (χ0v) is 19.3. The van der Waals surface area contributed by atoms with Crippen molar-refractivity contribution >= 4 is 34.2 Å². The highest BCUT2D eigenvalue weighted by molar-refractivity contribution is 6.18. The summed E-state index contributed by atoms with van der Waals surface area (Å²) in [7, 11) is 0. The van der Waals surface area contributed by atoms with E-state index in [1.165, 1.54) is 4.90 Å². The first-order valence-corrected chi connectivity index (χ1v) is 11.5. The van der Waals surface area contributed by atoms with Gasteiger partial charge in [0.1, 0.15) is 11.5 Å². The van der Waals surface area contributed by atoms with Gasteiger partial charge in [-0.05, 0) is 61.4 Å². The normalized spacial score (nSPS) is 12.9. The Morgan fingerprint density at radius 3 is 2.43 bits per heavy atom. The molecule has 4 aromatic rings. The molecule has 5 rings (SSSR count). The van der Waals surface area contributed by atoms with Crippen LogP contribution in [-0.4, -0.2) is 35.0 Å². The first-order chi connectivity index (χ1) is 17.1. The van der Waals surface area contributed by atoms with Gasteiger partial charge in [0.15, 0.2) is 0 Å². The Hall–Kier alpha value is -4.52. The van der Waals surface area contributed by atoms with Gasteiger partial charge in [0, 0.05) is 29.3 Å². The highest BCUT2D eigenvalue weighted by Gasteiger charge is 2.27. The van der Waals surface area contributed by atoms with Crippen LogP contribution in [0.4, 0.5) is 10.5 Å². The van der Waals surface area contributed by atoms with Crippen LogP contribution < -0.4 is 10.1 Å². The lowest BCUT2D eigenvalue weighted by atomic mass is 10.0. The number of hydrogen-bond acceptors (Lipinski definition) is 4. The van der Waals surface area contributed by atoms with Crippen LogP contribution >= 0.6 is 0 Å². The molecule has 0 spiro atoms. The van der Waals surface area contributed by atoms with Gasteiger partial charge >= 0.3 is 12.0 Å². The fourth-order valence-electron chi connectivity index (χ4n) is 4.16. The second-order valence-electron chi connectivity index (χ2n) is 8.10. The number of nitrogens with zero attached hydrogens (tertiary/aromatic N) is 1. The maximum absolute atomic E-state index is 13.1. The first kappa shape index (κ1) is 22.3. The quantitative estimate of drug-likeness (QED) is 0.355. The Morgan fingerprint density at radius 1 is 0.943 bits per heavy atom. The van der Waals surface area contributed by atoms with Crippen molar-refractivity contribution in [2.75, 3.05) is 18.5 Å².